The number of rotatable bonds is 3. The van der Waals surface area contributed by atoms with Crippen molar-refractivity contribution in [3.05, 3.63) is 59.1 Å². The van der Waals surface area contributed by atoms with Crippen LogP contribution in [0, 0.1) is 0 Å². The lowest BCUT2D eigenvalue weighted by molar-refractivity contribution is 0.415. The Morgan fingerprint density at radius 1 is 1.08 bits per heavy atom. The fourth-order valence-electron chi connectivity index (χ4n) is 2.69. The van der Waals surface area contributed by atoms with Gasteiger partial charge in [-0.15, -0.1) is 10.2 Å². The molecule has 3 aromatic rings. The third-order valence-electron chi connectivity index (χ3n) is 3.95. The van der Waals surface area contributed by atoms with Crippen LogP contribution in [0.4, 0.5) is 0 Å². The van der Waals surface area contributed by atoms with Gasteiger partial charge >= 0.3 is 0 Å². The van der Waals surface area contributed by atoms with E-state index in [9.17, 15) is 0 Å². The number of hydrogen-bond acceptors (Lipinski definition) is 5. The van der Waals surface area contributed by atoms with Crippen LogP contribution in [0.15, 0.2) is 58.8 Å². The summed E-state index contributed by atoms with van der Waals surface area (Å²) in [5, 5.41) is 15.1. The summed E-state index contributed by atoms with van der Waals surface area (Å²) in [6.07, 6.45) is 0. The summed E-state index contributed by atoms with van der Waals surface area (Å²) in [4.78, 5) is 0. The largest absolute Gasteiger partial charge is 0.497 e. The van der Waals surface area contributed by atoms with Gasteiger partial charge in [0.25, 0.3) is 0 Å². The third kappa shape index (κ3) is 3.03. The van der Waals surface area contributed by atoms with Crippen molar-refractivity contribution in [2.75, 3.05) is 7.11 Å². The van der Waals surface area contributed by atoms with Gasteiger partial charge in [0.15, 0.2) is 5.82 Å². The minimum atomic E-state index is 0.177. The Morgan fingerprint density at radius 3 is 2.64 bits per heavy atom. The molecule has 1 atom stereocenters. The van der Waals surface area contributed by atoms with E-state index in [1.165, 1.54) is 0 Å². The normalized spacial score (nSPS) is 16.3. The molecule has 0 saturated carbocycles. The standard InChI is InChI=1S/C18H15ClN4OS/c1-11-16(12-6-8-14(19)9-7-12)22-23-17(20-21-18(23)25-11)13-4-3-5-15(10-13)24-2/h3-11H,1-2H3/t11-/m0/s1. The molecule has 0 fully saturated rings. The first kappa shape index (κ1) is 16.2. The van der Waals surface area contributed by atoms with Gasteiger partial charge in [0.1, 0.15) is 5.75 Å². The van der Waals surface area contributed by atoms with E-state index in [4.69, 9.17) is 21.4 Å². The molecule has 0 radical (unpaired) electrons. The average Bonchev–Trinajstić information content (AvgIpc) is 3.04. The van der Waals surface area contributed by atoms with Gasteiger partial charge in [-0.2, -0.15) is 9.78 Å². The van der Waals surface area contributed by atoms with E-state index in [2.05, 4.69) is 17.1 Å². The van der Waals surface area contributed by atoms with E-state index in [1.807, 2.05) is 48.5 Å². The quantitative estimate of drug-likeness (QED) is 0.687. The highest BCUT2D eigenvalue weighted by Crippen LogP contribution is 2.33. The molecule has 25 heavy (non-hydrogen) atoms. The molecule has 0 bridgehead atoms. The minimum Gasteiger partial charge on any atom is -0.497 e. The Kier molecular flexibility index (Phi) is 4.23. The molecule has 0 N–H and O–H groups in total. The molecule has 1 aliphatic heterocycles. The Balaban J connectivity index is 1.81. The maximum Gasteiger partial charge on any atom is 0.213 e. The lowest BCUT2D eigenvalue weighted by atomic mass is 10.1. The van der Waals surface area contributed by atoms with Gasteiger partial charge in [0, 0.05) is 10.6 Å². The van der Waals surface area contributed by atoms with Gasteiger partial charge in [-0.05, 0) is 36.8 Å². The van der Waals surface area contributed by atoms with Crippen LogP contribution in [0.5, 0.6) is 5.75 Å². The molecule has 0 aliphatic carbocycles. The first-order chi connectivity index (χ1) is 12.2. The number of methoxy groups -OCH3 is 1. The molecule has 126 valence electrons. The number of thioether (sulfide) groups is 1. The number of benzene rings is 2. The van der Waals surface area contributed by atoms with E-state index in [0.717, 1.165) is 27.7 Å². The highest BCUT2D eigenvalue weighted by Gasteiger charge is 2.26. The summed E-state index contributed by atoms with van der Waals surface area (Å²) in [6, 6.07) is 15.5. The van der Waals surface area contributed by atoms with Crippen LogP contribution in [-0.4, -0.2) is 32.9 Å². The lowest BCUT2D eigenvalue weighted by Gasteiger charge is -2.20. The van der Waals surface area contributed by atoms with Crippen LogP contribution in [0.25, 0.3) is 11.4 Å². The van der Waals surface area contributed by atoms with Crippen LogP contribution in [0.3, 0.4) is 0 Å². The van der Waals surface area contributed by atoms with Crippen LogP contribution < -0.4 is 4.74 Å². The van der Waals surface area contributed by atoms with Gasteiger partial charge in [0.2, 0.25) is 5.16 Å². The van der Waals surface area contributed by atoms with Gasteiger partial charge < -0.3 is 4.74 Å². The summed E-state index contributed by atoms with van der Waals surface area (Å²) in [7, 11) is 1.65. The van der Waals surface area contributed by atoms with Crippen molar-refractivity contribution >= 4 is 29.1 Å². The van der Waals surface area contributed by atoms with Crippen LogP contribution in [0.1, 0.15) is 12.5 Å². The number of fused-ring (bicyclic) bond motifs is 1. The molecule has 1 aliphatic rings. The highest BCUT2D eigenvalue weighted by atomic mass is 35.5. The maximum atomic E-state index is 6.00. The molecule has 0 spiro atoms. The summed E-state index contributed by atoms with van der Waals surface area (Å²) in [5.74, 6) is 1.47. The van der Waals surface area contributed by atoms with Crippen LogP contribution in [-0.2, 0) is 0 Å². The Hall–Kier alpha value is -2.31. The van der Waals surface area contributed by atoms with Crippen molar-refractivity contribution in [3.63, 3.8) is 0 Å². The molecular weight excluding hydrogens is 356 g/mol. The number of nitrogens with zero attached hydrogens (tertiary/aromatic N) is 4. The van der Waals surface area contributed by atoms with E-state index in [-0.39, 0.29) is 5.25 Å². The zero-order chi connectivity index (χ0) is 17.4. The van der Waals surface area contributed by atoms with Crippen molar-refractivity contribution < 1.29 is 4.74 Å². The number of ether oxygens (including phenoxy) is 1. The fraction of sp³-hybridized carbons (Fsp3) is 0.167. The first-order valence-corrected chi connectivity index (χ1v) is 9.03. The molecule has 0 saturated heterocycles. The monoisotopic (exact) mass is 370 g/mol. The SMILES string of the molecule is COc1cccc(-c2nnc3n2N=C(c2ccc(Cl)cc2)[C@H](C)S3)c1. The summed E-state index contributed by atoms with van der Waals surface area (Å²) in [6.45, 7) is 2.11. The third-order valence-corrected chi connectivity index (χ3v) is 5.25. The molecule has 2 aromatic carbocycles. The lowest BCUT2D eigenvalue weighted by Crippen LogP contribution is -2.21. The van der Waals surface area contributed by atoms with Crippen molar-refractivity contribution in [3.8, 4) is 17.1 Å². The zero-order valence-corrected chi connectivity index (χ0v) is 15.3. The average molecular weight is 371 g/mol. The van der Waals surface area contributed by atoms with Crippen LogP contribution >= 0.6 is 23.4 Å². The molecule has 4 rings (SSSR count). The highest BCUT2D eigenvalue weighted by molar-refractivity contribution is 8.00. The van der Waals surface area contributed by atoms with E-state index < -0.39 is 0 Å². The molecule has 1 aromatic heterocycles. The number of hydrogen-bond donors (Lipinski definition) is 0. The van der Waals surface area contributed by atoms with Crippen molar-refractivity contribution in [1.29, 1.82) is 0 Å². The van der Waals surface area contributed by atoms with Gasteiger partial charge in [-0.1, -0.05) is 47.6 Å². The van der Waals surface area contributed by atoms with E-state index in [1.54, 1.807) is 23.5 Å². The van der Waals surface area contributed by atoms with Crippen LogP contribution in [0.2, 0.25) is 5.02 Å². The fourth-order valence-corrected chi connectivity index (χ4v) is 3.74. The minimum absolute atomic E-state index is 0.177. The maximum absolute atomic E-state index is 6.00. The van der Waals surface area contributed by atoms with E-state index in [0.29, 0.717) is 10.8 Å². The molecular formula is C18H15ClN4OS. The topological polar surface area (TPSA) is 52.3 Å². The van der Waals surface area contributed by atoms with Crippen molar-refractivity contribution in [2.45, 2.75) is 17.3 Å². The predicted molar refractivity (Wildman–Crippen MR) is 101 cm³/mol. The first-order valence-electron chi connectivity index (χ1n) is 7.77. The van der Waals surface area contributed by atoms with Crippen molar-refractivity contribution in [2.24, 2.45) is 5.10 Å². The second kappa shape index (κ2) is 6.54. The number of halogens is 1. The zero-order valence-electron chi connectivity index (χ0n) is 13.7. The second-order valence-electron chi connectivity index (χ2n) is 5.60. The Bertz CT molecular complexity index is 952. The molecule has 0 unspecified atom stereocenters. The summed E-state index contributed by atoms with van der Waals surface area (Å²) in [5.41, 5.74) is 2.92. The second-order valence-corrected chi connectivity index (χ2v) is 7.35. The van der Waals surface area contributed by atoms with Crippen molar-refractivity contribution in [1.82, 2.24) is 14.9 Å². The van der Waals surface area contributed by atoms with Gasteiger partial charge in [-0.3, -0.25) is 0 Å². The molecule has 5 nitrogen and oxygen atoms in total. The number of aromatic nitrogens is 3. The van der Waals surface area contributed by atoms with Gasteiger partial charge in [0.05, 0.1) is 18.1 Å². The Morgan fingerprint density at radius 2 is 1.88 bits per heavy atom. The Labute approximate surface area is 154 Å². The molecule has 0 amide bonds. The smallest absolute Gasteiger partial charge is 0.213 e. The molecule has 7 heteroatoms. The van der Waals surface area contributed by atoms with E-state index >= 15 is 0 Å². The molecule has 2 heterocycles. The van der Waals surface area contributed by atoms with Gasteiger partial charge in [-0.25, -0.2) is 0 Å². The predicted octanol–water partition coefficient (Wildman–Crippen LogP) is 4.35. The summed E-state index contributed by atoms with van der Waals surface area (Å²) >= 11 is 7.64. The summed E-state index contributed by atoms with van der Waals surface area (Å²) < 4.78 is 7.10.